The quantitative estimate of drug-likeness (QED) is 0.523. The van der Waals surface area contributed by atoms with Gasteiger partial charge in [-0.2, -0.15) is 0 Å². The van der Waals surface area contributed by atoms with E-state index in [1.807, 2.05) is 36.4 Å². The van der Waals surface area contributed by atoms with Crippen LogP contribution in [0.15, 0.2) is 48.5 Å². The van der Waals surface area contributed by atoms with Gasteiger partial charge in [-0.3, -0.25) is 9.69 Å². The number of para-hydroxylation sites is 3. The van der Waals surface area contributed by atoms with Crippen LogP contribution in [0.2, 0.25) is 0 Å². The zero-order valence-electron chi connectivity index (χ0n) is 15.0. The van der Waals surface area contributed by atoms with Gasteiger partial charge in [0.2, 0.25) is 0 Å². The number of carbonyl (C=O) groups is 1. The van der Waals surface area contributed by atoms with Gasteiger partial charge in [0.05, 0.1) is 16.9 Å². The molecule has 1 amide bonds. The summed E-state index contributed by atoms with van der Waals surface area (Å²) in [5.74, 6) is -0.399. The minimum Gasteiger partial charge on any atom is -0.397 e. The highest BCUT2D eigenvalue weighted by molar-refractivity contribution is 5.98. The molecule has 6 nitrogen and oxygen atoms in total. The van der Waals surface area contributed by atoms with E-state index in [1.165, 1.54) is 0 Å². The van der Waals surface area contributed by atoms with Crippen molar-refractivity contribution in [2.24, 2.45) is 5.73 Å². The highest BCUT2D eigenvalue weighted by Crippen LogP contribution is 2.23. The largest absolute Gasteiger partial charge is 0.397 e. The van der Waals surface area contributed by atoms with Gasteiger partial charge in [0.15, 0.2) is 0 Å². The van der Waals surface area contributed by atoms with Gasteiger partial charge < -0.3 is 21.7 Å². The number of carbonyl (C=O) groups excluding carboxylic acids is 1. The highest BCUT2D eigenvalue weighted by atomic mass is 16.1. The number of amides is 1. The Labute approximate surface area is 154 Å². The first kappa shape index (κ1) is 18.1. The molecule has 1 heterocycles. The second kappa shape index (κ2) is 8.58. The predicted octanol–water partition coefficient (Wildman–Crippen LogP) is 1.99. The van der Waals surface area contributed by atoms with Gasteiger partial charge in [0.1, 0.15) is 0 Å². The molecule has 6 heteroatoms. The second-order valence-electron chi connectivity index (χ2n) is 6.58. The molecule has 0 aliphatic carbocycles. The molecule has 0 aromatic heterocycles. The zero-order valence-corrected chi connectivity index (χ0v) is 15.0. The Bertz CT molecular complexity index is 740. The number of nitrogens with one attached hydrogen (secondary N) is 1. The van der Waals surface area contributed by atoms with Crippen molar-refractivity contribution in [2.45, 2.75) is 6.42 Å². The molecule has 1 saturated heterocycles. The van der Waals surface area contributed by atoms with Crippen LogP contribution >= 0.6 is 0 Å². The maximum Gasteiger partial charge on any atom is 0.250 e. The predicted molar refractivity (Wildman–Crippen MR) is 108 cm³/mol. The molecular weight excluding hydrogens is 326 g/mol. The van der Waals surface area contributed by atoms with Crippen molar-refractivity contribution < 1.29 is 4.79 Å². The van der Waals surface area contributed by atoms with Gasteiger partial charge in [-0.05, 0) is 37.2 Å². The monoisotopic (exact) mass is 353 g/mol. The van der Waals surface area contributed by atoms with Crippen molar-refractivity contribution in [2.75, 3.05) is 55.2 Å². The molecule has 0 spiro atoms. The maximum atomic E-state index is 11.4. The summed E-state index contributed by atoms with van der Waals surface area (Å²) in [5.41, 5.74) is 14.8. The summed E-state index contributed by atoms with van der Waals surface area (Å²) >= 11 is 0. The first-order valence-electron chi connectivity index (χ1n) is 9.09. The van der Waals surface area contributed by atoms with E-state index >= 15 is 0 Å². The molecular formula is C20H27N5O. The van der Waals surface area contributed by atoms with Gasteiger partial charge in [-0.15, -0.1) is 0 Å². The van der Waals surface area contributed by atoms with Crippen LogP contribution in [0.4, 0.5) is 17.1 Å². The fourth-order valence-electron chi connectivity index (χ4n) is 3.37. The smallest absolute Gasteiger partial charge is 0.250 e. The Hall–Kier alpha value is -2.73. The number of primary amides is 1. The first-order valence-corrected chi connectivity index (χ1v) is 9.09. The molecule has 0 atom stereocenters. The fraction of sp³-hybridized carbons (Fsp3) is 0.350. The molecule has 5 N–H and O–H groups in total. The number of anilines is 3. The molecule has 138 valence electrons. The van der Waals surface area contributed by atoms with Crippen molar-refractivity contribution in [1.29, 1.82) is 0 Å². The van der Waals surface area contributed by atoms with Gasteiger partial charge in [0, 0.05) is 38.4 Å². The number of benzene rings is 2. The molecule has 1 aliphatic heterocycles. The first-order chi connectivity index (χ1) is 12.6. The van der Waals surface area contributed by atoms with Crippen molar-refractivity contribution in [3.63, 3.8) is 0 Å². The normalized spacial score (nSPS) is 15.0. The molecule has 1 fully saturated rings. The number of nitrogen functional groups attached to an aromatic ring is 1. The second-order valence-corrected chi connectivity index (χ2v) is 6.58. The van der Waals surface area contributed by atoms with E-state index in [0.29, 0.717) is 5.56 Å². The van der Waals surface area contributed by atoms with Crippen LogP contribution in [-0.2, 0) is 0 Å². The molecule has 26 heavy (non-hydrogen) atoms. The van der Waals surface area contributed by atoms with Crippen LogP contribution < -0.4 is 21.7 Å². The summed E-state index contributed by atoms with van der Waals surface area (Å²) in [4.78, 5) is 16.3. The summed E-state index contributed by atoms with van der Waals surface area (Å²) in [6.45, 7) is 5.90. The van der Waals surface area contributed by atoms with Crippen LogP contribution in [0.3, 0.4) is 0 Å². The van der Waals surface area contributed by atoms with E-state index in [-0.39, 0.29) is 0 Å². The minimum atomic E-state index is -0.399. The van der Waals surface area contributed by atoms with Crippen molar-refractivity contribution >= 4 is 23.0 Å². The summed E-state index contributed by atoms with van der Waals surface area (Å²) in [7, 11) is 0. The maximum absolute atomic E-state index is 11.4. The Morgan fingerprint density at radius 2 is 1.69 bits per heavy atom. The van der Waals surface area contributed by atoms with Crippen molar-refractivity contribution in [3.8, 4) is 0 Å². The molecule has 2 aromatic rings. The topological polar surface area (TPSA) is 87.6 Å². The van der Waals surface area contributed by atoms with Crippen LogP contribution in [0.25, 0.3) is 0 Å². The number of nitrogens with two attached hydrogens (primary N) is 2. The number of nitrogens with zero attached hydrogens (tertiary/aromatic N) is 2. The van der Waals surface area contributed by atoms with Crippen LogP contribution in [0.1, 0.15) is 16.8 Å². The number of piperazine rings is 1. The number of hydrogen-bond acceptors (Lipinski definition) is 5. The van der Waals surface area contributed by atoms with Crippen molar-refractivity contribution in [1.82, 2.24) is 4.90 Å². The lowest BCUT2D eigenvalue weighted by molar-refractivity contribution is 0.100. The van der Waals surface area contributed by atoms with Crippen LogP contribution in [0.5, 0.6) is 0 Å². The van der Waals surface area contributed by atoms with Gasteiger partial charge in [-0.1, -0.05) is 24.3 Å². The Morgan fingerprint density at radius 1 is 1.00 bits per heavy atom. The summed E-state index contributed by atoms with van der Waals surface area (Å²) < 4.78 is 0. The van der Waals surface area contributed by atoms with E-state index in [2.05, 4.69) is 21.2 Å². The van der Waals surface area contributed by atoms with Crippen LogP contribution in [0, 0.1) is 0 Å². The lowest BCUT2D eigenvalue weighted by Gasteiger charge is -2.36. The third kappa shape index (κ3) is 4.46. The summed E-state index contributed by atoms with van der Waals surface area (Å²) in [6.07, 6.45) is 1.01. The molecule has 1 aliphatic rings. The van der Waals surface area contributed by atoms with E-state index in [4.69, 9.17) is 11.5 Å². The van der Waals surface area contributed by atoms with Gasteiger partial charge >= 0.3 is 0 Å². The molecule has 2 aromatic carbocycles. The molecule has 0 saturated carbocycles. The zero-order chi connectivity index (χ0) is 18.4. The van der Waals surface area contributed by atoms with Gasteiger partial charge in [0.25, 0.3) is 5.91 Å². The third-order valence-electron chi connectivity index (χ3n) is 4.81. The van der Waals surface area contributed by atoms with E-state index in [9.17, 15) is 4.79 Å². The number of hydrogen-bond donors (Lipinski definition) is 3. The fourth-order valence-corrected chi connectivity index (χ4v) is 3.37. The average Bonchev–Trinajstić information content (AvgIpc) is 2.66. The molecule has 0 radical (unpaired) electrons. The standard InChI is InChI=1S/C20H27N5O/c21-17-7-2-4-9-19(17)25-14-12-24(13-15-25)11-5-10-23-18-8-3-1-6-16(18)20(22)26/h1-4,6-9,23H,5,10-15,21H2,(H2,22,26). The number of rotatable bonds is 7. The molecule has 3 rings (SSSR count). The SMILES string of the molecule is NC(=O)c1ccccc1NCCCN1CCN(c2ccccc2N)CC1. The van der Waals surface area contributed by atoms with Crippen LogP contribution in [-0.4, -0.2) is 50.1 Å². The van der Waals surface area contributed by atoms with E-state index in [1.54, 1.807) is 6.07 Å². The van der Waals surface area contributed by atoms with Gasteiger partial charge in [-0.25, -0.2) is 0 Å². The lowest BCUT2D eigenvalue weighted by atomic mass is 10.1. The molecule has 0 bridgehead atoms. The van der Waals surface area contributed by atoms with E-state index < -0.39 is 5.91 Å². The molecule has 0 unspecified atom stereocenters. The summed E-state index contributed by atoms with van der Waals surface area (Å²) in [6, 6.07) is 15.4. The Kier molecular flexibility index (Phi) is 5.96. The Balaban J connectivity index is 1.41. The Morgan fingerprint density at radius 3 is 2.42 bits per heavy atom. The minimum absolute atomic E-state index is 0.399. The lowest BCUT2D eigenvalue weighted by Crippen LogP contribution is -2.47. The summed E-state index contributed by atoms with van der Waals surface area (Å²) in [5, 5.41) is 3.32. The van der Waals surface area contributed by atoms with Crippen molar-refractivity contribution in [3.05, 3.63) is 54.1 Å². The third-order valence-corrected chi connectivity index (χ3v) is 4.81. The average molecular weight is 353 g/mol. The van der Waals surface area contributed by atoms with E-state index in [0.717, 1.165) is 62.8 Å². The highest BCUT2D eigenvalue weighted by Gasteiger charge is 2.18.